The number of aromatic carboxylic acids is 1. The highest BCUT2D eigenvalue weighted by Crippen LogP contribution is 2.32. The molecule has 2 aromatic heterocycles. The van der Waals surface area contributed by atoms with Crippen LogP contribution in [-0.4, -0.2) is 22.3 Å². The lowest BCUT2D eigenvalue weighted by Gasteiger charge is -1.91. The Morgan fingerprint density at radius 2 is 2.38 bits per heavy atom. The molecule has 0 aliphatic carbocycles. The number of oxazole rings is 1. The van der Waals surface area contributed by atoms with E-state index in [2.05, 4.69) is 4.98 Å². The van der Waals surface area contributed by atoms with Crippen LogP contribution in [0.25, 0.3) is 10.6 Å². The molecule has 0 aliphatic heterocycles. The first-order valence-corrected chi connectivity index (χ1v) is 6.19. The van der Waals surface area contributed by atoms with Gasteiger partial charge < -0.3 is 9.52 Å². The number of carboxylic acids is 1. The van der Waals surface area contributed by atoms with Crippen LogP contribution in [0.15, 0.2) is 21.8 Å². The Hall–Kier alpha value is -1.34. The highest BCUT2D eigenvalue weighted by atomic mass is 32.2. The summed E-state index contributed by atoms with van der Waals surface area (Å²) in [6.07, 6.45) is 1.72. The molecular weight excluding hydrogens is 253 g/mol. The van der Waals surface area contributed by atoms with E-state index in [1.54, 1.807) is 6.26 Å². The molecule has 16 heavy (non-hydrogen) atoms. The van der Waals surface area contributed by atoms with Gasteiger partial charge in [-0.15, -0.1) is 11.3 Å². The maximum absolute atomic E-state index is 12.8. The van der Waals surface area contributed by atoms with Crippen molar-refractivity contribution < 1.29 is 18.7 Å². The van der Waals surface area contributed by atoms with Crippen LogP contribution in [-0.2, 0) is 0 Å². The zero-order valence-electron chi connectivity index (χ0n) is 8.06. The third-order valence-corrected chi connectivity index (χ3v) is 3.18. The SMILES string of the molecule is CSc1nc(C(=O)O)c(-c2ccc(F)s2)o1. The summed E-state index contributed by atoms with van der Waals surface area (Å²) < 4.78 is 18.1. The summed E-state index contributed by atoms with van der Waals surface area (Å²) in [5.41, 5.74) is -0.189. The lowest BCUT2D eigenvalue weighted by atomic mass is 10.3. The number of carboxylic acid groups (broad SMARTS) is 1. The largest absolute Gasteiger partial charge is 0.476 e. The van der Waals surface area contributed by atoms with Gasteiger partial charge in [-0.25, -0.2) is 4.79 Å². The first-order chi connectivity index (χ1) is 7.61. The first kappa shape index (κ1) is 11.2. The number of hydrogen-bond donors (Lipinski definition) is 1. The van der Waals surface area contributed by atoms with Gasteiger partial charge in [0.1, 0.15) is 0 Å². The van der Waals surface area contributed by atoms with Crippen LogP contribution in [0.1, 0.15) is 10.5 Å². The summed E-state index contributed by atoms with van der Waals surface area (Å²) in [6.45, 7) is 0. The van der Waals surface area contributed by atoms with Crippen LogP contribution in [0.2, 0.25) is 0 Å². The van der Waals surface area contributed by atoms with Gasteiger partial charge in [-0.3, -0.25) is 0 Å². The molecule has 84 valence electrons. The fourth-order valence-electron chi connectivity index (χ4n) is 1.14. The highest BCUT2D eigenvalue weighted by molar-refractivity contribution is 7.98. The zero-order valence-corrected chi connectivity index (χ0v) is 9.69. The molecule has 1 N–H and O–H groups in total. The summed E-state index contributed by atoms with van der Waals surface area (Å²) in [7, 11) is 0. The summed E-state index contributed by atoms with van der Waals surface area (Å²) in [5.74, 6) is -1.08. The van der Waals surface area contributed by atoms with Gasteiger partial charge in [0, 0.05) is 0 Å². The summed E-state index contributed by atoms with van der Waals surface area (Å²) >= 11 is 2.02. The molecule has 2 heterocycles. The Kier molecular flexibility index (Phi) is 2.97. The molecule has 0 spiro atoms. The van der Waals surface area contributed by atoms with Crippen molar-refractivity contribution in [2.24, 2.45) is 0 Å². The van der Waals surface area contributed by atoms with Gasteiger partial charge in [-0.05, 0) is 18.4 Å². The van der Waals surface area contributed by atoms with Crippen LogP contribution in [0.4, 0.5) is 4.39 Å². The van der Waals surface area contributed by atoms with Gasteiger partial charge in [0.25, 0.3) is 5.22 Å². The Balaban J connectivity index is 2.54. The summed E-state index contributed by atoms with van der Waals surface area (Å²) in [6, 6.07) is 2.73. The van der Waals surface area contributed by atoms with E-state index in [0.717, 1.165) is 11.3 Å². The van der Waals surface area contributed by atoms with E-state index in [9.17, 15) is 9.18 Å². The van der Waals surface area contributed by atoms with Crippen molar-refractivity contribution in [3.05, 3.63) is 23.0 Å². The molecule has 2 aromatic rings. The first-order valence-electron chi connectivity index (χ1n) is 4.15. The van der Waals surface area contributed by atoms with Gasteiger partial charge in [0.15, 0.2) is 16.6 Å². The molecule has 0 aromatic carbocycles. The number of aromatic nitrogens is 1. The number of hydrogen-bond acceptors (Lipinski definition) is 5. The summed E-state index contributed by atoms with van der Waals surface area (Å²) in [5, 5.41) is 8.78. The van der Waals surface area contributed by atoms with E-state index in [-0.39, 0.29) is 16.7 Å². The van der Waals surface area contributed by atoms with E-state index in [1.165, 1.54) is 23.9 Å². The molecular formula is C9H6FNO3S2. The van der Waals surface area contributed by atoms with Gasteiger partial charge in [0.05, 0.1) is 4.88 Å². The van der Waals surface area contributed by atoms with Crippen molar-refractivity contribution >= 4 is 29.1 Å². The predicted octanol–water partition coefficient (Wildman–Crippen LogP) is 2.96. The topological polar surface area (TPSA) is 63.3 Å². The Morgan fingerprint density at radius 1 is 1.62 bits per heavy atom. The van der Waals surface area contributed by atoms with Crippen LogP contribution in [0, 0.1) is 5.13 Å². The molecule has 0 aliphatic rings. The van der Waals surface area contributed by atoms with Crippen molar-refractivity contribution in [3.8, 4) is 10.6 Å². The minimum Gasteiger partial charge on any atom is -0.476 e. The minimum absolute atomic E-state index is 0.103. The maximum Gasteiger partial charge on any atom is 0.358 e. The van der Waals surface area contributed by atoms with E-state index in [0.29, 0.717) is 4.88 Å². The monoisotopic (exact) mass is 259 g/mol. The third-order valence-electron chi connectivity index (χ3n) is 1.78. The molecule has 0 bridgehead atoms. The number of carbonyl (C=O) groups is 1. The second-order valence-corrected chi connectivity index (χ2v) is 4.56. The van der Waals surface area contributed by atoms with Crippen molar-refractivity contribution in [1.82, 2.24) is 4.98 Å². The van der Waals surface area contributed by atoms with E-state index in [4.69, 9.17) is 9.52 Å². The van der Waals surface area contributed by atoms with Gasteiger partial charge in [-0.2, -0.15) is 9.37 Å². The van der Waals surface area contributed by atoms with Gasteiger partial charge >= 0.3 is 5.97 Å². The fourth-order valence-corrected chi connectivity index (χ4v) is 2.20. The van der Waals surface area contributed by atoms with Gasteiger partial charge in [-0.1, -0.05) is 11.8 Å². The molecule has 2 rings (SSSR count). The number of rotatable bonds is 3. The average molecular weight is 259 g/mol. The second-order valence-electron chi connectivity index (χ2n) is 2.77. The Bertz CT molecular complexity index is 535. The van der Waals surface area contributed by atoms with Crippen molar-refractivity contribution in [2.45, 2.75) is 5.22 Å². The second kappa shape index (κ2) is 4.26. The molecule has 4 nitrogen and oxygen atoms in total. The highest BCUT2D eigenvalue weighted by Gasteiger charge is 2.21. The molecule has 0 saturated heterocycles. The standard InChI is InChI=1S/C9H6FNO3S2/c1-15-9-11-6(8(12)13)7(14-9)4-2-3-5(10)16-4/h2-3H,1H3,(H,12,13). The fraction of sp³-hybridized carbons (Fsp3) is 0.111. The van der Waals surface area contributed by atoms with Crippen LogP contribution < -0.4 is 0 Å². The predicted molar refractivity (Wildman–Crippen MR) is 58.5 cm³/mol. The molecule has 7 heteroatoms. The Labute approximate surface area is 98.1 Å². The van der Waals surface area contributed by atoms with Crippen molar-refractivity contribution in [2.75, 3.05) is 6.26 Å². The molecule has 0 saturated carbocycles. The molecule has 0 radical (unpaired) electrons. The quantitative estimate of drug-likeness (QED) is 0.858. The average Bonchev–Trinajstić information content (AvgIpc) is 2.82. The lowest BCUT2D eigenvalue weighted by Crippen LogP contribution is -1.98. The molecule has 0 fully saturated rings. The molecule has 0 unspecified atom stereocenters. The minimum atomic E-state index is -1.19. The number of thiophene rings is 1. The van der Waals surface area contributed by atoms with E-state index in [1.807, 2.05) is 0 Å². The number of nitrogens with zero attached hydrogens (tertiary/aromatic N) is 1. The Morgan fingerprint density at radius 3 is 2.88 bits per heavy atom. The maximum atomic E-state index is 12.8. The third kappa shape index (κ3) is 1.96. The van der Waals surface area contributed by atoms with Crippen LogP contribution >= 0.6 is 23.1 Å². The zero-order chi connectivity index (χ0) is 11.7. The smallest absolute Gasteiger partial charge is 0.358 e. The van der Waals surface area contributed by atoms with Crippen molar-refractivity contribution in [3.63, 3.8) is 0 Å². The molecule has 0 atom stereocenters. The lowest BCUT2D eigenvalue weighted by molar-refractivity contribution is 0.0691. The van der Waals surface area contributed by atoms with Crippen LogP contribution in [0.5, 0.6) is 0 Å². The van der Waals surface area contributed by atoms with Gasteiger partial charge in [0.2, 0.25) is 0 Å². The normalized spacial score (nSPS) is 10.6. The van der Waals surface area contributed by atoms with Crippen molar-refractivity contribution in [1.29, 1.82) is 0 Å². The van der Waals surface area contributed by atoms with Crippen LogP contribution in [0.3, 0.4) is 0 Å². The van der Waals surface area contributed by atoms with E-state index >= 15 is 0 Å². The van der Waals surface area contributed by atoms with E-state index < -0.39 is 11.1 Å². The number of thioether (sulfide) groups is 1. The number of halogens is 1. The molecule has 0 amide bonds. The summed E-state index contributed by atoms with van der Waals surface area (Å²) in [4.78, 5) is 15.1.